The summed E-state index contributed by atoms with van der Waals surface area (Å²) >= 11 is 0. The van der Waals surface area contributed by atoms with Crippen molar-refractivity contribution in [2.24, 2.45) is 10.9 Å². The number of carbonyl (C=O) groups excluding carboxylic acids is 2. The van der Waals surface area contributed by atoms with Crippen molar-refractivity contribution >= 4 is 41.8 Å². The van der Waals surface area contributed by atoms with E-state index in [1.165, 1.54) is 12.8 Å². The number of guanidine groups is 1. The summed E-state index contributed by atoms with van der Waals surface area (Å²) in [4.78, 5) is 31.8. The quantitative estimate of drug-likeness (QED) is 0.362. The van der Waals surface area contributed by atoms with Gasteiger partial charge in [-0.2, -0.15) is 0 Å². The highest BCUT2D eigenvalue weighted by Gasteiger charge is 2.32. The van der Waals surface area contributed by atoms with Gasteiger partial charge in [-0.15, -0.1) is 24.0 Å². The molecule has 25 heavy (non-hydrogen) atoms. The molecule has 0 aromatic carbocycles. The fraction of sp³-hybridized carbons (Fsp3) is 0.824. The summed E-state index contributed by atoms with van der Waals surface area (Å²) < 4.78 is 0. The molecular weight excluding hydrogens is 433 g/mol. The number of amides is 2. The van der Waals surface area contributed by atoms with Gasteiger partial charge in [0, 0.05) is 59.2 Å². The van der Waals surface area contributed by atoms with Crippen LogP contribution in [0, 0.1) is 5.92 Å². The third kappa shape index (κ3) is 6.63. The second kappa shape index (κ2) is 10.8. The summed E-state index contributed by atoms with van der Waals surface area (Å²) in [7, 11) is 5.23. The number of aliphatic imine (C=N–C) groups is 1. The van der Waals surface area contributed by atoms with Gasteiger partial charge in [0.2, 0.25) is 11.8 Å². The maximum absolute atomic E-state index is 12.5. The summed E-state index contributed by atoms with van der Waals surface area (Å²) in [6.07, 6.45) is 5.86. The van der Waals surface area contributed by atoms with Gasteiger partial charge < -0.3 is 20.4 Å². The molecule has 0 bridgehead atoms. The highest BCUT2D eigenvalue weighted by Crippen LogP contribution is 2.27. The average Bonchev–Trinajstić information content (AvgIpc) is 3.24. The molecule has 0 spiro atoms. The molecule has 2 aliphatic rings. The molecule has 2 fully saturated rings. The molecule has 1 atom stereocenters. The fourth-order valence-electron chi connectivity index (χ4n) is 3.41. The topological polar surface area (TPSA) is 77.0 Å². The summed E-state index contributed by atoms with van der Waals surface area (Å²) in [6, 6.07) is 0.228. The number of rotatable bonds is 5. The highest BCUT2D eigenvalue weighted by molar-refractivity contribution is 14.0. The second-order valence-corrected chi connectivity index (χ2v) is 6.93. The number of halogens is 1. The molecule has 0 aromatic rings. The van der Waals surface area contributed by atoms with E-state index in [9.17, 15) is 9.59 Å². The first-order valence-corrected chi connectivity index (χ1v) is 8.97. The zero-order valence-electron chi connectivity index (χ0n) is 15.6. The molecule has 1 aliphatic carbocycles. The smallest absolute Gasteiger partial charge is 0.225 e. The summed E-state index contributed by atoms with van der Waals surface area (Å²) in [5.41, 5.74) is 0. The van der Waals surface area contributed by atoms with E-state index in [0.717, 1.165) is 32.4 Å². The number of nitrogens with zero attached hydrogens (tertiary/aromatic N) is 3. The first-order valence-electron chi connectivity index (χ1n) is 8.97. The van der Waals surface area contributed by atoms with Gasteiger partial charge in [-0.1, -0.05) is 12.8 Å². The molecule has 8 heteroatoms. The van der Waals surface area contributed by atoms with Gasteiger partial charge in [-0.25, -0.2) is 0 Å². The predicted octanol–water partition coefficient (Wildman–Crippen LogP) is 1.04. The largest absolute Gasteiger partial charge is 0.356 e. The minimum Gasteiger partial charge on any atom is -0.356 e. The van der Waals surface area contributed by atoms with Crippen molar-refractivity contribution in [3.05, 3.63) is 0 Å². The summed E-state index contributed by atoms with van der Waals surface area (Å²) in [6.45, 7) is 2.11. The molecule has 2 amide bonds. The van der Waals surface area contributed by atoms with Gasteiger partial charge >= 0.3 is 0 Å². The fourth-order valence-corrected chi connectivity index (χ4v) is 3.41. The van der Waals surface area contributed by atoms with Crippen LogP contribution in [0.2, 0.25) is 0 Å². The standard InChI is InChI=1S/C17H31N5O2.HI/c1-18-17(19-10-8-15(23)21(2)3)20-14-9-11-22(12-14)16(24)13-6-4-5-7-13;/h13-14H,4-12H2,1-3H3,(H2,18,19,20);1H. The van der Waals surface area contributed by atoms with Gasteiger partial charge in [-0.3, -0.25) is 14.6 Å². The SMILES string of the molecule is CN=C(NCCC(=O)N(C)C)NC1CCN(C(=O)C2CCCC2)C1.I. The van der Waals surface area contributed by atoms with Gasteiger partial charge in [0.1, 0.15) is 0 Å². The van der Waals surface area contributed by atoms with Crippen molar-refractivity contribution in [2.75, 3.05) is 40.8 Å². The van der Waals surface area contributed by atoms with Crippen LogP contribution in [0.1, 0.15) is 38.5 Å². The Balaban J connectivity index is 0.00000312. The number of hydrogen-bond acceptors (Lipinski definition) is 3. The Hall–Kier alpha value is -1.06. The Kier molecular flexibility index (Phi) is 9.52. The van der Waals surface area contributed by atoms with E-state index in [1.54, 1.807) is 26.0 Å². The molecular formula is C17H32IN5O2. The Bertz CT molecular complexity index is 478. The van der Waals surface area contributed by atoms with Crippen LogP contribution in [0.3, 0.4) is 0 Å². The van der Waals surface area contributed by atoms with Crippen LogP contribution in [0.4, 0.5) is 0 Å². The first-order chi connectivity index (χ1) is 11.5. The van der Waals surface area contributed by atoms with E-state index in [-0.39, 0.29) is 41.8 Å². The van der Waals surface area contributed by atoms with E-state index < -0.39 is 0 Å². The van der Waals surface area contributed by atoms with Crippen LogP contribution in [0.25, 0.3) is 0 Å². The van der Waals surface area contributed by atoms with E-state index >= 15 is 0 Å². The molecule has 1 aliphatic heterocycles. The lowest BCUT2D eigenvalue weighted by atomic mass is 10.1. The highest BCUT2D eigenvalue weighted by atomic mass is 127. The van der Waals surface area contributed by atoms with Crippen LogP contribution in [0.15, 0.2) is 4.99 Å². The molecule has 1 unspecified atom stereocenters. The van der Waals surface area contributed by atoms with E-state index in [1.807, 2.05) is 4.90 Å². The molecule has 0 aromatic heterocycles. The normalized spacial score (nSPS) is 21.0. The Morgan fingerprint density at radius 2 is 1.88 bits per heavy atom. The van der Waals surface area contributed by atoms with E-state index in [0.29, 0.717) is 24.8 Å². The summed E-state index contributed by atoms with van der Waals surface area (Å²) in [5, 5.41) is 6.53. The van der Waals surface area contributed by atoms with Crippen LogP contribution < -0.4 is 10.6 Å². The molecule has 1 saturated heterocycles. The molecule has 1 heterocycles. The molecule has 7 nitrogen and oxygen atoms in total. The third-order valence-corrected chi connectivity index (χ3v) is 4.90. The second-order valence-electron chi connectivity index (χ2n) is 6.93. The predicted molar refractivity (Wildman–Crippen MR) is 110 cm³/mol. The van der Waals surface area contributed by atoms with Gasteiger partial charge in [0.05, 0.1) is 0 Å². The molecule has 144 valence electrons. The van der Waals surface area contributed by atoms with Gasteiger partial charge in [-0.05, 0) is 19.3 Å². The van der Waals surface area contributed by atoms with E-state index in [2.05, 4.69) is 15.6 Å². The lowest BCUT2D eigenvalue weighted by Gasteiger charge is -2.21. The minimum absolute atomic E-state index is 0. The van der Waals surface area contributed by atoms with E-state index in [4.69, 9.17) is 0 Å². The molecule has 2 rings (SSSR count). The number of hydrogen-bond donors (Lipinski definition) is 2. The number of nitrogens with one attached hydrogen (secondary N) is 2. The lowest BCUT2D eigenvalue weighted by Crippen LogP contribution is -2.46. The van der Waals surface area contributed by atoms with Crippen molar-refractivity contribution in [1.82, 2.24) is 20.4 Å². The first kappa shape index (κ1) is 22.0. The maximum Gasteiger partial charge on any atom is 0.225 e. The van der Waals surface area contributed by atoms with Crippen LogP contribution in [-0.2, 0) is 9.59 Å². The van der Waals surface area contributed by atoms with Gasteiger partial charge in [0.25, 0.3) is 0 Å². The van der Waals surface area contributed by atoms with Crippen molar-refractivity contribution in [3.8, 4) is 0 Å². The molecule has 0 radical (unpaired) electrons. The minimum atomic E-state index is 0. The zero-order chi connectivity index (χ0) is 17.5. The third-order valence-electron chi connectivity index (χ3n) is 4.90. The Morgan fingerprint density at radius 3 is 2.48 bits per heavy atom. The van der Waals surface area contributed by atoms with Crippen LogP contribution >= 0.6 is 24.0 Å². The Morgan fingerprint density at radius 1 is 1.20 bits per heavy atom. The average molecular weight is 465 g/mol. The van der Waals surface area contributed by atoms with Crippen molar-refractivity contribution in [2.45, 2.75) is 44.6 Å². The lowest BCUT2D eigenvalue weighted by molar-refractivity contribution is -0.134. The van der Waals surface area contributed by atoms with Gasteiger partial charge in [0.15, 0.2) is 5.96 Å². The van der Waals surface area contributed by atoms with Crippen molar-refractivity contribution in [1.29, 1.82) is 0 Å². The maximum atomic E-state index is 12.5. The monoisotopic (exact) mass is 465 g/mol. The zero-order valence-corrected chi connectivity index (χ0v) is 17.9. The summed E-state index contributed by atoms with van der Waals surface area (Å²) in [5.74, 6) is 1.36. The molecule has 1 saturated carbocycles. The number of carbonyl (C=O) groups is 2. The van der Waals surface area contributed by atoms with Crippen LogP contribution in [-0.4, -0.2) is 74.4 Å². The number of likely N-dealkylation sites (tertiary alicyclic amines) is 1. The molecule has 2 N–H and O–H groups in total. The van der Waals surface area contributed by atoms with Crippen molar-refractivity contribution in [3.63, 3.8) is 0 Å². The van der Waals surface area contributed by atoms with Crippen LogP contribution in [0.5, 0.6) is 0 Å². The van der Waals surface area contributed by atoms with Crippen molar-refractivity contribution < 1.29 is 9.59 Å². The Labute approximate surface area is 168 Å².